The van der Waals surface area contributed by atoms with Crippen molar-refractivity contribution in [1.29, 1.82) is 0 Å². The van der Waals surface area contributed by atoms with Crippen LogP contribution in [-0.2, 0) is 0 Å². The predicted octanol–water partition coefficient (Wildman–Crippen LogP) is 1.81. The molecule has 0 spiro atoms. The van der Waals surface area contributed by atoms with Crippen molar-refractivity contribution in [3.05, 3.63) is 48.5 Å². The summed E-state index contributed by atoms with van der Waals surface area (Å²) in [5.41, 5.74) is 0.681. The molecule has 0 unspecified atom stereocenters. The fourth-order valence-corrected chi connectivity index (χ4v) is 0.986. The maximum absolute atomic E-state index is 12.7. The van der Waals surface area contributed by atoms with Gasteiger partial charge in [-0.1, -0.05) is 6.07 Å². The van der Waals surface area contributed by atoms with Gasteiger partial charge in [-0.3, -0.25) is 0 Å². The Morgan fingerprint density at radius 1 is 1.42 bits per heavy atom. The molecule has 3 heteroatoms. The molecule has 0 bridgehead atoms. The van der Waals surface area contributed by atoms with Gasteiger partial charge in [0.15, 0.2) is 0 Å². The van der Waals surface area contributed by atoms with Crippen LogP contribution in [0.2, 0.25) is 0 Å². The summed E-state index contributed by atoms with van der Waals surface area (Å²) < 4.78 is 14.2. The first kappa shape index (κ1) is 7.03. The van der Waals surface area contributed by atoms with Gasteiger partial charge in [0.25, 0.3) is 0 Å². The molecule has 2 aromatic rings. The summed E-state index contributed by atoms with van der Waals surface area (Å²) in [7, 11) is 0. The van der Waals surface area contributed by atoms with E-state index in [1.807, 2.05) is 0 Å². The third kappa shape index (κ3) is 1.21. The van der Waals surface area contributed by atoms with Crippen LogP contribution in [0.3, 0.4) is 0 Å². The number of aromatic nitrogens is 2. The van der Waals surface area contributed by atoms with Crippen LogP contribution in [0.15, 0.2) is 36.5 Å². The quantitative estimate of drug-likeness (QED) is 0.623. The molecule has 0 saturated heterocycles. The van der Waals surface area contributed by atoms with Crippen molar-refractivity contribution in [3.63, 3.8) is 0 Å². The van der Waals surface area contributed by atoms with E-state index in [4.69, 9.17) is 0 Å². The fourth-order valence-electron chi connectivity index (χ4n) is 0.986. The van der Waals surface area contributed by atoms with Crippen molar-refractivity contribution in [3.8, 4) is 5.69 Å². The van der Waals surface area contributed by atoms with E-state index in [1.165, 1.54) is 16.8 Å². The van der Waals surface area contributed by atoms with Crippen LogP contribution in [0.4, 0.5) is 4.39 Å². The van der Waals surface area contributed by atoms with Gasteiger partial charge < -0.3 is 0 Å². The van der Waals surface area contributed by atoms with Gasteiger partial charge in [-0.25, -0.2) is 9.07 Å². The first-order chi connectivity index (χ1) is 5.86. The number of nitrogens with zero attached hydrogens (tertiary/aromatic N) is 2. The lowest BCUT2D eigenvalue weighted by atomic mass is 10.3. The van der Waals surface area contributed by atoms with Crippen molar-refractivity contribution in [2.75, 3.05) is 0 Å². The Morgan fingerprint density at radius 2 is 2.33 bits per heavy atom. The van der Waals surface area contributed by atoms with Crippen molar-refractivity contribution < 1.29 is 4.39 Å². The molecule has 1 radical (unpaired) electrons. The zero-order valence-electron chi connectivity index (χ0n) is 6.24. The number of hydrogen-bond acceptors (Lipinski definition) is 1. The van der Waals surface area contributed by atoms with Crippen molar-refractivity contribution >= 4 is 0 Å². The molecule has 1 aromatic heterocycles. The Labute approximate surface area is 69.3 Å². The SMILES string of the molecule is Fc1cccc(-n2[c]ccn2)c1. The molecule has 1 aromatic carbocycles. The Balaban J connectivity index is 2.48. The number of benzene rings is 1. The van der Waals surface area contributed by atoms with Gasteiger partial charge in [0, 0.05) is 0 Å². The first-order valence-corrected chi connectivity index (χ1v) is 3.54. The lowest BCUT2D eigenvalue weighted by Crippen LogP contribution is -1.94. The highest BCUT2D eigenvalue weighted by atomic mass is 19.1. The van der Waals surface area contributed by atoms with Crippen molar-refractivity contribution in [1.82, 2.24) is 9.78 Å². The Bertz CT molecular complexity index is 368. The minimum absolute atomic E-state index is 0.267. The van der Waals surface area contributed by atoms with Gasteiger partial charge in [0.05, 0.1) is 18.1 Å². The Kier molecular flexibility index (Phi) is 1.63. The monoisotopic (exact) mass is 161 g/mol. The third-order valence-corrected chi connectivity index (χ3v) is 1.51. The van der Waals surface area contributed by atoms with Gasteiger partial charge in [-0.15, -0.1) is 0 Å². The average molecular weight is 161 g/mol. The zero-order valence-corrected chi connectivity index (χ0v) is 6.24. The van der Waals surface area contributed by atoms with E-state index in [9.17, 15) is 4.39 Å². The predicted molar refractivity (Wildman–Crippen MR) is 42.4 cm³/mol. The van der Waals surface area contributed by atoms with E-state index in [0.717, 1.165) is 0 Å². The lowest BCUT2D eigenvalue weighted by Gasteiger charge is -1.98. The van der Waals surface area contributed by atoms with Gasteiger partial charge in [0.1, 0.15) is 5.82 Å². The van der Waals surface area contributed by atoms with E-state index in [1.54, 1.807) is 24.4 Å². The van der Waals surface area contributed by atoms with Gasteiger partial charge in [-0.2, -0.15) is 5.10 Å². The summed E-state index contributed by atoms with van der Waals surface area (Å²) >= 11 is 0. The molecule has 0 aliphatic carbocycles. The van der Waals surface area contributed by atoms with Gasteiger partial charge in [-0.05, 0) is 24.3 Å². The van der Waals surface area contributed by atoms with E-state index in [2.05, 4.69) is 11.3 Å². The summed E-state index contributed by atoms with van der Waals surface area (Å²) in [6.07, 6.45) is 4.42. The molecular formula is C9H6FN2. The number of hydrogen-bond donors (Lipinski definition) is 0. The molecule has 1 heterocycles. The van der Waals surface area contributed by atoms with Crippen LogP contribution in [0, 0.1) is 12.0 Å². The Hall–Kier alpha value is -1.64. The summed E-state index contributed by atoms with van der Waals surface area (Å²) in [4.78, 5) is 0. The van der Waals surface area contributed by atoms with Crippen LogP contribution in [-0.4, -0.2) is 9.78 Å². The summed E-state index contributed by atoms with van der Waals surface area (Å²) in [5, 5.41) is 3.92. The maximum Gasteiger partial charge on any atom is 0.125 e. The molecule has 0 amide bonds. The molecule has 0 aliphatic rings. The second-order valence-electron chi connectivity index (χ2n) is 2.35. The normalized spacial score (nSPS) is 10.1. The highest BCUT2D eigenvalue weighted by Gasteiger charge is 1.96. The van der Waals surface area contributed by atoms with Crippen molar-refractivity contribution in [2.24, 2.45) is 0 Å². The van der Waals surface area contributed by atoms with E-state index in [-0.39, 0.29) is 5.82 Å². The highest BCUT2D eigenvalue weighted by molar-refractivity contribution is 5.30. The first-order valence-electron chi connectivity index (χ1n) is 3.54. The molecule has 0 fully saturated rings. The summed E-state index contributed by atoms with van der Waals surface area (Å²) in [5.74, 6) is -0.267. The second-order valence-corrected chi connectivity index (χ2v) is 2.35. The van der Waals surface area contributed by atoms with E-state index < -0.39 is 0 Å². The largest absolute Gasteiger partial charge is 0.231 e. The molecular weight excluding hydrogens is 155 g/mol. The molecule has 12 heavy (non-hydrogen) atoms. The second kappa shape index (κ2) is 2.77. The standard InChI is InChI=1S/C9H6FN2/c10-8-3-1-4-9(7-8)12-6-2-5-11-12/h1-5,7H. The summed E-state index contributed by atoms with van der Waals surface area (Å²) in [6, 6.07) is 7.88. The van der Waals surface area contributed by atoms with Gasteiger partial charge >= 0.3 is 0 Å². The molecule has 0 saturated carbocycles. The molecule has 2 nitrogen and oxygen atoms in total. The fraction of sp³-hybridized carbons (Fsp3) is 0. The molecule has 0 atom stereocenters. The van der Waals surface area contributed by atoms with Crippen LogP contribution < -0.4 is 0 Å². The Morgan fingerprint density at radius 3 is 3.00 bits per heavy atom. The number of rotatable bonds is 1. The maximum atomic E-state index is 12.7. The highest BCUT2D eigenvalue weighted by Crippen LogP contribution is 2.06. The van der Waals surface area contributed by atoms with Crippen LogP contribution in [0.25, 0.3) is 5.69 Å². The van der Waals surface area contributed by atoms with Crippen LogP contribution >= 0.6 is 0 Å². The van der Waals surface area contributed by atoms with Crippen LogP contribution in [0.1, 0.15) is 0 Å². The number of halogens is 1. The van der Waals surface area contributed by atoms with Crippen LogP contribution in [0.5, 0.6) is 0 Å². The summed E-state index contributed by atoms with van der Waals surface area (Å²) in [6.45, 7) is 0. The molecule has 0 N–H and O–H groups in total. The molecule has 2 rings (SSSR count). The minimum atomic E-state index is -0.267. The zero-order chi connectivity index (χ0) is 8.39. The minimum Gasteiger partial charge on any atom is -0.231 e. The van der Waals surface area contributed by atoms with E-state index in [0.29, 0.717) is 5.69 Å². The van der Waals surface area contributed by atoms with Crippen molar-refractivity contribution in [2.45, 2.75) is 0 Å². The molecule has 59 valence electrons. The third-order valence-electron chi connectivity index (χ3n) is 1.51. The topological polar surface area (TPSA) is 17.8 Å². The lowest BCUT2D eigenvalue weighted by molar-refractivity contribution is 0.625. The smallest absolute Gasteiger partial charge is 0.125 e. The van der Waals surface area contributed by atoms with Gasteiger partial charge in [0.2, 0.25) is 0 Å². The average Bonchev–Trinajstić information content (AvgIpc) is 2.56. The molecule has 0 aliphatic heterocycles. The van der Waals surface area contributed by atoms with E-state index >= 15 is 0 Å².